The normalized spacial score (nSPS) is 18.0. The predicted molar refractivity (Wildman–Crippen MR) is 59.5 cm³/mol. The highest BCUT2D eigenvalue weighted by molar-refractivity contribution is 4.91. The van der Waals surface area contributed by atoms with E-state index in [4.69, 9.17) is 0 Å². The Balaban J connectivity index is 1.89. The van der Waals surface area contributed by atoms with Gasteiger partial charge in [0.1, 0.15) is 12.2 Å². The third-order valence-corrected chi connectivity index (χ3v) is 3.04. The monoisotopic (exact) mass is 208 g/mol. The number of rotatable bonds is 6. The van der Waals surface area contributed by atoms with Gasteiger partial charge in [0, 0.05) is 19.5 Å². The van der Waals surface area contributed by atoms with Gasteiger partial charge in [-0.15, -0.1) is 0 Å². The number of hydrogen-bond acceptors (Lipinski definition) is 3. The summed E-state index contributed by atoms with van der Waals surface area (Å²) in [6.45, 7) is 3.20. The van der Waals surface area contributed by atoms with Gasteiger partial charge in [-0.1, -0.05) is 19.8 Å². The zero-order valence-electron chi connectivity index (χ0n) is 9.61. The van der Waals surface area contributed by atoms with E-state index in [1.54, 1.807) is 6.33 Å². The van der Waals surface area contributed by atoms with E-state index in [1.165, 1.54) is 19.3 Å². The maximum absolute atomic E-state index is 4.28. The minimum absolute atomic E-state index is 0.574. The largest absolute Gasteiger partial charge is 0.314 e. The van der Waals surface area contributed by atoms with Crippen LogP contribution < -0.4 is 5.32 Å². The standard InChI is InChI=1S/C11H20N4/c1-3-12-10(6-9-4-5-9)7-11-13-8-14-15(11)2/h8-10,12H,3-7H2,1-2H3. The van der Waals surface area contributed by atoms with Crippen molar-refractivity contribution in [3.05, 3.63) is 12.2 Å². The zero-order chi connectivity index (χ0) is 10.7. The first kappa shape index (κ1) is 10.6. The minimum atomic E-state index is 0.574. The van der Waals surface area contributed by atoms with Crippen molar-refractivity contribution in [2.45, 2.75) is 38.6 Å². The first-order valence-electron chi connectivity index (χ1n) is 5.85. The molecule has 0 aliphatic heterocycles. The lowest BCUT2D eigenvalue weighted by molar-refractivity contribution is 0.451. The first-order chi connectivity index (χ1) is 7.29. The molecule has 0 bridgehead atoms. The second-order valence-electron chi connectivity index (χ2n) is 4.44. The van der Waals surface area contributed by atoms with Crippen LogP contribution in [-0.4, -0.2) is 27.4 Å². The number of nitrogens with zero attached hydrogens (tertiary/aromatic N) is 3. The van der Waals surface area contributed by atoms with Gasteiger partial charge in [0.2, 0.25) is 0 Å². The van der Waals surface area contributed by atoms with E-state index in [9.17, 15) is 0 Å². The van der Waals surface area contributed by atoms with Crippen LogP contribution >= 0.6 is 0 Å². The SMILES string of the molecule is CCNC(Cc1ncnn1C)CC1CC1. The predicted octanol–water partition coefficient (Wildman–Crippen LogP) is 1.14. The van der Waals surface area contributed by atoms with Crippen LogP contribution in [-0.2, 0) is 13.5 Å². The van der Waals surface area contributed by atoms with Crippen molar-refractivity contribution in [1.29, 1.82) is 0 Å². The Labute approximate surface area is 91.1 Å². The second kappa shape index (κ2) is 4.75. The van der Waals surface area contributed by atoms with Crippen molar-refractivity contribution in [2.24, 2.45) is 13.0 Å². The molecule has 2 rings (SSSR count). The Morgan fingerprint density at radius 2 is 2.40 bits per heavy atom. The summed E-state index contributed by atoms with van der Waals surface area (Å²) in [5.41, 5.74) is 0. The quantitative estimate of drug-likeness (QED) is 0.762. The Morgan fingerprint density at radius 3 is 2.93 bits per heavy atom. The summed E-state index contributed by atoms with van der Waals surface area (Å²) >= 11 is 0. The highest BCUT2D eigenvalue weighted by Crippen LogP contribution is 2.33. The van der Waals surface area contributed by atoms with Crippen LogP contribution in [0.15, 0.2) is 6.33 Å². The smallest absolute Gasteiger partial charge is 0.138 e. The van der Waals surface area contributed by atoms with E-state index in [2.05, 4.69) is 22.3 Å². The molecule has 4 nitrogen and oxygen atoms in total. The third kappa shape index (κ3) is 3.02. The summed E-state index contributed by atoms with van der Waals surface area (Å²) in [7, 11) is 1.96. The highest BCUT2D eigenvalue weighted by atomic mass is 15.3. The van der Waals surface area contributed by atoms with E-state index < -0.39 is 0 Å². The molecule has 1 fully saturated rings. The molecule has 1 aromatic heterocycles. The number of aromatic nitrogens is 3. The lowest BCUT2D eigenvalue weighted by atomic mass is 10.1. The van der Waals surface area contributed by atoms with Crippen LogP contribution in [0.5, 0.6) is 0 Å². The van der Waals surface area contributed by atoms with Gasteiger partial charge in [0.05, 0.1) is 0 Å². The molecule has 0 saturated heterocycles. The highest BCUT2D eigenvalue weighted by Gasteiger charge is 2.25. The van der Waals surface area contributed by atoms with Crippen molar-refractivity contribution in [3.8, 4) is 0 Å². The van der Waals surface area contributed by atoms with Crippen molar-refractivity contribution in [1.82, 2.24) is 20.1 Å². The van der Waals surface area contributed by atoms with Crippen LogP contribution in [0.2, 0.25) is 0 Å². The fraction of sp³-hybridized carbons (Fsp3) is 0.818. The van der Waals surface area contributed by atoms with E-state index in [-0.39, 0.29) is 0 Å². The molecule has 1 atom stereocenters. The lowest BCUT2D eigenvalue weighted by Gasteiger charge is -2.16. The molecule has 1 aliphatic carbocycles. The molecular formula is C11H20N4. The Kier molecular flexibility index (Phi) is 3.36. The van der Waals surface area contributed by atoms with Gasteiger partial charge in [-0.05, 0) is 18.9 Å². The molecule has 1 aromatic rings. The number of aryl methyl sites for hydroxylation is 1. The summed E-state index contributed by atoms with van der Waals surface area (Å²) in [5, 5.41) is 7.64. The van der Waals surface area contributed by atoms with Gasteiger partial charge in [0.15, 0.2) is 0 Å². The van der Waals surface area contributed by atoms with Gasteiger partial charge < -0.3 is 5.32 Å². The molecule has 1 heterocycles. The number of nitrogens with one attached hydrogen (secondary N) is 1. The Morgan fingerprint density at radius 1 is 1.60 bits per heavy atom. The molecule has 1 N–H and O–H groups in total. The van der Waals surface area contributed by atoms with E-state index >= 15 is 0 Å². The van der Waals surface area contributed by atoms with Gasteiger partial charge >= 0.3 is 0 Å². The first-order valence-corrected chi connectivity index (χ1v) is 5.85. The van der Waals surface area contributed by atoms with Crippen LogP contribution in [0.4, 0.5) is 0 Å². The van der Waals surface area contributed by atoms with Gasteiger partial charge in [-0.2, -0.15) is 5.10 Å². The van der Waals surface area contributed by atoms with E-state index in [1.807, 2.05) is 11.7 Å². The molecule has 0 radical (unpaired) electrons. The average molecular weight is 208 g/mol. The molecule has 0 aromatic carbocycles. The van der Waals surface area contributed by atoms with Crippen LogP contribution in [0, 0.1) is 5.92 Å². The van der Waals surface area contributed by atoms with Gasteiger partial charge in [-0.3, -0.25) is 4.68 Å². The minimum Gasteiger partial charge on any atom is -0.314 e. The summed E-state index contributed by atoms with van der Waals surface area (Å²) in [5.74, 6) is 2.05. The maximum atomic E-state index is 4.28. The lowest BCUT2D eigenvalue weighted by Crippen LogP contribution is -2.32. The molecule has 0 amide bonds. The molecule has 0 spiro atoms. The summed E-state index contributed by atoms with van der Waals surface area (Å²) in [4.78, 5) is 4.28. The van der Waals surface area contributed by atoms with Crippen LogP contribution in [0.1, 0.15) is 32.0 Å². The average Bonchev–Trinajstić information content (AvgIpc) is 2.92. The molecule has 1 saturated carbocycles. The number of hydrogen-bond donors (Lipinski definition) is 1. The van der Waals surface area contributed by atoms with Gasteiger partial charge in [0.25, 0.3) is 0 Å². The topological polar surface area (TPSA) is 42.7 Å². The van der Waals surface area contributed by atoms with Crippen LogP contribution in [0.25, 0.3) is 0 Å². The van der Waals surface area contributed by atoms with Crippen molar-refractivity contribution < 1.29 is 0 Å². The van der Waals surface area contributed by atoms with Crippen molar-refractivity contribution >= 4 is 0 Å². The van der Waals surface area contributed by atoms with E-state index in [0.29, 0.717) is 6.04 Å². The molecule has 1 aliphatic rings. The summed E-state index contributed by atoms with van der Waals surface area (Å²) in [6, 6.07) is 0.574. The molecular weight excluding hydrogens is 188 g/mol. The van der Waals surface area contributed by atoms with Crippen LogP contribution in [0.3, 0.4) is 0 Å². The fourth-order valence-corrected chi connectivity index (χ4v) is 2.01. The molecule has 1 unspecified atom stereocenters. The van der Waals surface area contributed by atoms with Crippen molar-refractivity contribution in [3.63, 3.8) is 0 Å². The molecule has 4 heteroatoms. The zero-order valence-corrected chi connectivity index (χ0v) is 9.61. The Bertz CT molecular complexity index is 303. The number of likely N-dealkylation sites (N-methyl/N-ethyl adjacent to an activating group) is 1. The second-order valence-corrected chi connectivity index (χ2v) is 4.44. The maximum Gasteiger partial charge on any atom is 0.138 e. The Hall–Kier alpha value is -0.900. The van der Waals surface area contributed by atoms with Gasteiger partial charge in [-0.25, -0.2) is 4.98 Å². The molecule has 15 heavy (non-hydrogen) atoms. The van der Waals surface area contributed by atoms with Crippen molar-refractivity contribution in [2.75, 3.05) is 6.54 Å². The summed E-state index contributed by atoms with van der Waals surface area (Å²) < 4.78 is 1.87. The molecule has 84 valence electrons. The summed E-state index contributed by atoms with van der Waals surface area (Å²) in [6.07, 6.45) is 6.76. The fourth-order valence-electron chi connectivity index (χ4n) is 2.01. The third-order valence-electron chi connectivity index (χ3n) is 3.04. The van der Waals surface area contributed by atoms with E-state index in [0.717, 1.165) is 24.7 Å².